The number of hydrogen-bond acceptors (Lipinski definition) is 4. The number of para-hydroxylation sites is 1. The minimum Gasteiger partial charge on any atom is -0.434 e. The van der Waals surface area contributed by atoms with Crippen molar-refractivity contribution in [2.45, 2.75) is 39.5 Å². The van der Waals surface area contributed by atoms with Crippen molar-refractivity contribution >= 4 is 35.6 Å². The standard InChI is InChI=1S/C24H32F2N4O2.HI/c1-2-27-24(29-16-20-5-3-4-6-22(20)32-23(25)26)28-15-18-7-9-21(10-8-18)30-13-11-19(17-31)12-14-30;/h3-10,19,23,31H,2,11-17H2,1H3,(H2,27,28,29);1H. The number of rotatable bonds is 9. The van der Waals surface area contributed by atoms with Crippen LogP contribution in [-0.2, 0) is 13.1 Å². The van der Waals surface area contributed by atoms with Gasteiger partial charge in [0.25, 0.3) is 0 Å². The molecule has 0 unspecified atom stereocenters. The van der Waals surface area contributed by atoms with Gasteiger partial charge in [-0.2, -0.15) is 8.78 Å². The fourth-order valence-electron chi connectivity index (χ4n) is 3.74. The maximum atomic E-state index is 12.6. The van der Waals surface area contributed by atoms with Crippen molar-refractivity contribution < 1.29 is 18.6 Å². The number of ether oxygens (including phenoxy) is 1. The van der Waals surface area contributed by atoms with Gasteiger partial charge in [-0.15, -0.1) is 24.0 Å². The SMILES string of the molecule is CCNC(=NCc1ccc(N2CCC(CO)CC2)cc1)NCc1ccccc1OC(F)F.I. The molecule has 9 heteroatoms. The van der Waals surface area contributed by atoms with Crippen LogP contribution < -0.4 is 20.3 Å². The summed E-state index contributed by atoms with van der Waals surface area (Å²) in [5.41, 5.74) is 2.90. The summed E-state index contributed by atoms with van der Waals surface area (Å²) in [5.74, 6) is 1.18. The lowest BCUT2D eigenvalue weighted by atomic mass is 9.97. The van der Waals surface area contributed by atoms with E-state index in [1.807, 2.05) is 6.92 Å². The molecule has 0 radical (unpaired) electrons. The van der Waals surface area contributed by atoms with Gasteiger partial charge in [0, 0.05) is 44.0 Å². The third-order valence-electron chi connectivity index (χ3n) is 5.57. The highest BCUT2D eigenvalue weighted by Gasteiger charge is 2.18. The van der Waals surface area contributed by atoms with Gasteiger partial charge in [0.15, 0.2) is 5.96 Å². The minimum atomic E-state index is -2.86. The normalized spacial score (nSPS) is 14.7. The van der Waals surface area contributed by atoms with E-state index in [-0.39, 0.29) is 36.3 Å². The zero-order valence-electron chi connectivity index (χ0n) is 18.8. The van der Waals surface area contributed by atoms with Gasteiger partial charge in [-0.1, -0.05) is 30.3 Å². The van der Waals surface area contributed by atoms with Crippen LogP contribution >= 0.6 is 24.0 Å². The number of aliphatic hydroxyl groups is 1. The molecule has 0 spiro atoms. The Hall–Kier alpha value is -2.14. The largest absolute Gasteiger partial charge is 0.434 e. The number of anilines is 1. The Kier molecular flexibility index (Phi) is 11.7. The molecule has 0 amide bonds. The van der Waals surface area contributed by atoms with Gasteiger partial charge >= 0.3 is 6.61 Å². The zero-order chi connectivity index (χ0) is 22.8. The van der Waals surface area contributed by atoms with E-state index in [2.05, 4.69) is 49.5 Å². The smallest absolute Gasteiger partial charge is 0.387 e. The highest BCUT2D eigenvalue weighted by atomic mass is 127. The Morgan fingerprint density at radius 1 is 1.12 bits per heavy atom. The maximum absolute atomic E-state index is 12.6. The predicted octanol–water partition coefficient (Wildman–Crippen LogP) is 4.37. The lowest BCUT2D eigenvalue weighted by Gasteiger charge is -2.32. The monoisotopic (exact) mass is 574 g/mol. The van der Waals surface area contributed by atoms with Crippen LogP contribution in [-0.4, -0.2) is 43.9 Å². The van der Waals surface area contributed by atoms with Crippen LogP contribution in [0.15, 0.2) is 53.5 Å². The van der Waals surface area contributed by atoms with Crippen molar-refractivity contribution in [3.63, 3.8) is 0 Å². The number of alkyl halides is 2. The number of benzene rings is 2. The van der Waals surface area contributed by atoms with Gasteiger partial charge in [-0.25, -0.2) is 4.99 Å². The second-order valence-corrected chi connectivity index (χ2v) is 7.81. The molecule has 2 aromatic carbocycles. The van der Waals surface area contributed by atoms with Crippen molar-refractivity contribution in [1.29, 1.82) is 0 Å². The Balaban J connectivity index is 0.00000385. The molecule has 6 nitrogen and oxygen atoms in total. The average molecular weight is 574 g/mol. The number of halogens is 3. The van der Waals surface area contributed by atoms with Crippen LogP contribution in [0.4, 0.5) is 14.5 Å². The van der Waals surface area contributed by atoms with Gasteiger partial charge in [-0.05, 0) is 49.4 Å². The van der Waals surface area contributed by atoms with Crippen LogP contribution in [0.1, 0.15) is 30.9 Å². The number of nitrogens with one attached hydrogen (secondary N) is 2. The summed E-state index contributed by atoms with van der Waals surface area (Å²) in [4.78, 5) is 6.97. The molecule has 1 aliphatic rings. The summed E-state index contributed by atoms with van der Waals surface area (Å²) in [6, 6.07) is 15.1. The molecule has 0 saturated carbocycles. The summed E-state index contributed by atoms with van der Waals surface area (Å²) in [7, 11) is 0. The molecule has 0 aliphatic carbocycles. The number of aliphatic imine (C=N–C) groups is 1. The van der Waals surface area contributed by atoms with Crippen molar-refractivity contribution in [3.8, 4) is 5.75 Å². The fraction of sp³-hybridized carbons (Fsp3) is 0.458. The average Bonchev–Trinajstić information content (AvgIpc) is 2.82. The van der Waals surface area contributed by atoms with E-state index in [4.69, 9.17) is 0 Å². The van der Waals surface area contributed by atoms with E-state index in [0.29, 0.717) is 37.1 Å². The molecule has 1 aliphatic heterocycles. The first-order valence-electron chi connectivity index (χ1n) is 11.1. The molecule has 1 saturated heterocycles. The number of nitrogens with zero attached hydrogens (tertiary/aromatic N) is 2. The molecule has 3 rings (SSSR count). The Morgan fingerprint density at radius 2 is 1.82 bits per heavy atom. The van der Waals surface area contributed by atoms with Gasteiger partial charge < -0.3 is 25.4 Å². The Morgan fingerprint density at radius 3 is 2.45 bits per heavy atom. The second kappa shape index (κ2) is 14.2. The first kappa shape index (κ1) is 27.1. The molecule has 3 N–H and O–H groups in total. The molecule has 182 valence electrons. The molecular formula is C24H33F2IN4O2. The lowest BCUT2D eigenvalue weighted by Crippen LogP contribution is -2.36. The fourth-order valence-corrected chi connectivity index (χ4v) is 3.74. The van der Waals surface area contributed by atoms with Gasteiger partial charge in [0.05, 0.1) is 6.54 Å². The van der Waals surface area contributed by atoms with Gasteiger partial charge in [-0.3, -0.25) is 0 Å². The van der Waals surface area contributed by atoms with Crippen LogP contribution in [0, 0.1) is 5.92 Å². The van der Waals surface area contributed by atoms with Crippen molar-refractivity contribution in [2.24, 2.45) is 10.9 Å². The molecule has 1 fully saturated rings. The van der Waals surface area contributed by atoms with Gasteiger partial charge in [0.1, 0.15) is 5.75 Å². The van der Waals surface area contributed by atoms with Crippen LogP contribution in [0.5, 0.6) is 5.75 Å². The zero-order valence-corrected chi connectivity index (χ0v) is 21.2. The molecule has 1 heterocycles. The van der Waals surface area contributed by atoms with Gasteiger partial charge in [0.2, 0.25) is 0 Å². The Bertz CT molecular complexity index is 860. The van der Waals surface area contributed by atoms with Crippen molar-refractivity contribution in [1.82, 2.24) is 10.6 Å². The molecule has 0 aromatic heterocycles. The summed E-state index contributed by atoms with van der Waals surface area (Å²) in [6.07, 6.45) is 2.04. The number of piperidine rings is 1. The summed E-state index contributed by atoms with van der Waals surface area (Å²) >= 11 is 0. The van der Waals surface area contributed by atoms with E-state index in [1.54, 1.807) is 18.2 Å². The van der Waals surface area contributed by atoms with Crippen LogP contribution in [0.3, 0.4) is 0 Å². The third kappa shape index (κ3) is 8.62. The molecule has 0 bridgehead atoms. The van der Waals surface area contributed by atoms with E-state index < -0.39 is 6.61 Å². The maximum Gasteiger partial charge on any atom is 0.387 e. The third-order valence-corrected chi connectivity index (χ3v) is 5.57. The van der Waals surface area contributed by atoms with E-state index in [0.717, 1.165) is 31.5 Å². The topological polar surface area (TPSA) is 69.1 Å². The van der Waals surface area contributed by atoms with Crippen molar-refractivity contribution in [3.05, 3.63) is 59.7 Å². The first-order chi connectivity index (χ1) is 15.6. The Labute approximate surface area is 211 Å². The van der Waals surface area contributed by atoms with Crippen molar-refractivity contribution in [2.75, 3.05) is 31.1 Å². The molecule has 33 heavy (non-hydrogen) atoms. The highest BCUT2D eigenvalue weighted by molar-refractivity contribution is 14.0. The van der Waals surface area contributed by atoms with Crippen LogP contribution in [0.25, 0.3) is 0 Å². The van der Waals surface area contributed by atoms with E-state index >= 15 is 0 Å². The molecule has 2 aromatic rings. The van der Waals surface area contributed by atoms with E-state index in [9.17, 15) is 13.9 Å². The first-order valence-corrected chi connectivity index (χ1v) is 11.1. The highest BCUT2D eigenvalue weighted by Crippen LogP contribution is 2.23. The van der Waals surface area contributed by atoms with Crippen LogP contribution in [0.2, 0.25) is 0 Å². The number of hydrogen-bond donors (Lipinski definition) is 3. The lowest BCUT2D eigenvalue weighted by molar-refractivity contribution is -0.0504. The quantitative estimate of drug-likeness (QED) is 0.236. The summed E-state index contributed by atoms with van der Waals surface area (Å²) < 4.78 is 29.8. The molecule has 0 atom stereocenters. The second-order valence-electron chi connectivity index (χ2n) is 7.81. The van der Waals surface area contributed by atoms with E-state index in [1.165, 1.54) is 11.8 Å². The molecular weight excluding hydrogens is 541 g/mol. The summed E-state index contributed by atoms with van der Waals surface area (Å²) in [5, 5.41) is 15.7. The predicted molar refractivity (Wildman–Crippen MR) is 139 cm³/mol. The number of aliphatic hydroxyl groups excluding tert-OH is 1. The number of guanidine groups is 1. The summed E-state index contributed by atoms with van der Waals surface area (Å²) in [6.45, 7) is 2.82. The minimum absolute atomic E-state index is 0.